The molecule has 1 aromatic heterocycles. The Bertz CT molecular complexity index is 351. The lowest BCUT2D eigenvalue weighted by Crippen LogP contribution is -2.12. The minimum absolute atomic E-state index is 0.319. The van der Waals surface area contributed by atoms with Crippen LogP contribution in [0.5, 0.6) is 11.5 Å². The topological polar surface area (TPSA) is 31.4 Å². The van der Waals surface area contributed by atoms with Crippen molar-refractivity contribution in [2.45, 2.75) is 37.7 Å². The molecule has 0 radical (unpaired) electrons. The Morgan fingerprint density at radius 3 is 2.75 bits per heavy atom. The molecule has 0 amide bonds. The minimum Gasteiger partial charge on any atom is -0.491 e. The van der Waals surface area contributed by atoms with Crippen molar-refractivity contribution in [3.8, 4) is 11.5 Å². The number of rotatable bonds is 4. The molecule has 3 nitrogen and oxygen atoms in total. The molecule has 2 rings (SSSR count). The lowest BCUT2D eigenvalue weighted by Gasteiger charge is -2.15. The van der Waals surface area contributed by atoms with Gasteiger partial charge in [0.1, 0.15) is 0 Å². The Morgan fingerprint density at radius 2 is 2.12 bits per heavy atom. The summed E-state index contributed by atoms with van der Waals surface area (Å²) in [5.74, 6) is 1.84. The van der Waals surface area contributed by atoms with Gasteiger partial charge in [0, 0.05) is 6.07 Å². The standard InChI is InChI=1S/C12H16ClNO2/c1-15-12-8-14-9(7-13)6-11(12)16-10-4-2-3-5-10/h6,8,10H,2-5,7H2,1H3. The van der Waals surface area contributed by atoms with Crippen LogP contribution in [0, 0.1) is 0 Å². The molecule has 0 aromatic carbocycles. The molecule has 0 spiro atoms. The second kappa shape index (κ2) is 5.39. The zero-order valence-corrected chi connectivity index (χ0v) is 10.2. The van der Waals surface area contributed by atoms with Gasteiger partial charge >= 0.3 is 0 Å². The van der Waals surface area contributed by atoms with E-state index in [1.54, 1.807) is 13.3 Å². The Labute approximate surface area is 101 Å². The van der Waals surface area contributed by atoms with Gasteiger partial charge in [0.15, 0.2) is 11.5 Å². The molecule has 1 saturated carbocycles. The average Bonchev–Trinajstić information content (AvgIpc) is 2.82. The third-order valence-corrected chi connectivity index (χ3v) is 3.11. The van der Waals surface area contributed by atoms with Gasteiger partial charge < -0.3 is 9.47 Å². The average molecular weight is 242 g/mol. The molecule has 0 atom stereocenters. The predicted molar refractivity (Wildman–Crippen MR) is 63.2 cm³/mol. The molecule has 1 aliphatic rings. The van der Waals surface area contributed by atoms with Gasteiger partial charge in [-0.05, 0) is 25.7 Å². The van der Waals surface area contributed by atoms with Crippen LogP contribution in [0.2, 0.25) is 0 Å². The highest BCUT2D eigenvalue weighted by atomic mass is 35.5. The Morgan fingerprint density at radius 1 is 1.38 bits per heavy atom. The zero-order valence-electron chi connectivity index (χ0n) is 9.41. The summed E-state index contributed by atoms with van der Waals surface area (Å²) in [5.41, 5.74) is 0.815. The first-order valence-corrected chi connectivity index (χ1v) is 6.12. The van der Waals surface area contributed by atoms with E-state index in [2.05, 4.69) is 4.98 Å². The predicted octanol–water partition coefficient (Wildman–Crippen LogP) is 3.15. The molecule has 0 saturated heterocycles. The van der Waals surface area contributed by atoms with Gasteiger partial charge in [0.2, 0.25) is 0 Å². The monoisotopic (exact) mass is 241 g/mol. The van der Waals surface area contributed by atoms with Crippen LogP contribution in [0.25, 0.3) is 0 Å². The second-order valence-electron chi connectivity index (χ2n) is 3.98. The van der Waals surface area contributed by atoms with Gasteiger partial charge in [0.25, 0.3) is 0 Å². The van der Waals surface area contributed by atoms with Crippen LogP contribution in [0.4, 0.5) is 0 Å². The van der Waals surface area contributed by atoms with Crippen LogP contribution in [-0.4, -0.2) is 18.2 Å². The van der Waals surface area contributed by atoms with E-state index in [4.69, 9.17) is 21.1 Å². The Balaban J connectivity index is 2.15. The van der Waals surface area contributed by atoms with E-state index >= 15 is 0 Å². The van der Waals surface area contributed by atoms with Crippen molar-refractivity contribution in [2.75, 3.05) is 7.11 Å². The molecule has 0 bridgehead atoms. The molecule has 1 aliphatic carbocycles. The van der Waals surface area contributed by atoms with Crippen molar-refractivity contribution in [1.82, 2.24) is 4.98 Å². The van der Waals surface area contributed by atoms with E-state index in [0.717, 1.165) is 24.3 Å². The highest BCUT2D eigenvalue weighted by Crippen LogP contribution is 2.31. The summed E-state index contributed by atoms with van der Waals surface area (Å²) in [5, 5.41) is 0. The normalized spacial score (nSPS) is 16.4. The van der Waals surface area contributed by atoms with Gasteiger partial charge in [-0.25, -0.2) is 0 Å². The molecule has 4 heteroatoms. The SMILES string of the molecule is COc1cnc(CCl)cc1OC1CCCC1. The molecule has 1 heterocycles. The number of halogens is 1. The molecule has 0 N–H and O–H groups in total. The summed E-state index contributed by atoms with van der Waals surface area (Å²) in [6, 6.07) is 1.87. The summed E-state index contributed by atoms with van der Waals surface area (Å²) >= 11 is 5.75. The maximum Gasteiger partial charge on any atom is 0.179 e. The molecule has 0 unspecified atom stereocenters. The first-order valence-electron chi connectivity index (χ1n) is 5.59. The second-order valence-corrected chi connectivity index (χ2v) is 4.25. The van der Waals surface area contributed by atoms with E-state index < -0.39 is 0 Å². The number of hydrogen-bond acceptors (Lipinski definition) is 3. The van der Waals surface area contributed by atoms with Crippen LogP contribution in [0.15, 0.2) is 12.3 Å². The maximum absolute atomic E-state index is 5.92. The molecule has 88 valence electrons. The highest BCUT2D eigenvalue weighted by Gasteiger charge is 2.18. The highest BCUT2D eigenvalue weighted by molar-refractivity contribution is 6.16. The number of aromatic nitrogens is 1. The number of alkyl halides is 1. The molecular weight excluding hydrogens is 226 g/mol. The smallest absolute Gasteiger partial charge is 0.179 e. The molecule has 16 heavy (non-hydrogen) atoms. The van der Waals surface area contributed by atoms with Gasteiger partial charge in [-0.15, -0.1) is 11.6 Å². The maximum atomic E-state index is 5.92. The molecule has 1 fully saturated rings. The first-order chi connectivity index (χ1) is 7.83. The Kier molecular flexibility index (Phi) is 3.88. The van der Waals surface area contributed by atoms with Crippen LogP contribution < -0.4 is 9.47 Å². The largest absolute Gasteiger partial charge is 0.491 e. The van der Waals surface area contributed by atoms with E-state index in [1.165, 1.54) is 12.8 Å². The van der Waals surface area contributed by atoms with Crippen molar-refractivity contribution in [2.24, 2.45) is 0 Å². The van der Waals surface area contributed by atoms with Gasteiger partial charge in [-0.3, -0.25) is 4.98 Å². The minimum atomic E-state index is 0.319. The Hall–Kier alpha value is -0.960. The van der Waals surface area contributed by atoms with Gasteiger partial charge in [0.05, 0.1) is 31.0 Å². The fourth-order valence-corrected chi connectivity index (χ4v) is 2.12. The summed E-state index contributed by atoms with van der Waals surface area (Å²) in [4.78, 5) is 4.17. The lowest BCUT2D eigenvalue weighted by molar-refractivity contribution is 0.200. The third-order valence-electron chi connectivity index (χ3n) is 2.84. The van der Waals surface area contributed by atoms with E-state index in [0.29, 0.717) is 17.7 Å². The van der Waals surface area contributed by atoms with Crippen molar-refractivity contribution in [1.29, 1.82) is 0 Å². The van der Waals surface area contributed by atoms with Crippen LogP contribution in [0.1, 0.15) is 31.4 Å². The van der Waals surface area contributed by atoms with Gasteiger partial charge in [-0.2, -0.15) is 0 Å². The lowest BCUT2D eigenvalue weighted by atomic mass is 10.3. The van der Waals surface area contributed by atoms with E-state index in [-0.39, 0.29) is 0 Å². The number of nitrogens with zero attached hydrogens (tertiary/aromatic N) is 1. The summed E-state index contributed by atoms with van der Waals surface area (Å²) in [6.45, 7) is 0. The number of pyridine rings is 1. The summed E-state index contributed by atoms with van der Waals surface area (Å²) in [6.07, 6.45) is 6.74. The fourth-order valence-electron chi connectivity index (χ4n) is 1.97. The zero-order chi connectivity index (χ0) is 11.4. The van der Waals surface area contributed by atoms with Gasteiger partial charge in [-0.1, -0.05) is 0 Å². The number of methoxy groups -OCH3 is 1. The fraction of sp³-hybridized carbons (Fsp3) is 0.583. The van der Waals surface area contributed by atoms with Crippen molar-refractivity contribution in [3.05, 3.63) is 18.0 Å². The molecule has 0 aliphatic heterocycles. The quantitative estimate of drug-likeness (QED) is 0.759. The number of ether oxygens (including phenoxy) is 2. The van der Waals surface area contributed by atoms with Crippen molar-refractivity contribution >= 4 is 11.6 Å². The van der Waals surface area contributed by atoms with E-state index in [1.807, 2.05) is 6.07 Å². The third kappa shape index (κ3) is 2.59. The van der Waals surface area contributed by atoms with Crippen molar-refractivity contribution < 1.29 is 9.47 Å². The van der Waals surface area contributed by atoms with Crippen molar-refractivity contribution in [3.63, 3.8) is 0 Å². The molecule has 1 aromatic rings. The molecular formula is C12H16ClNO2. The van der Waals surface area contributed by atoms with Crippen LogP contribution in [-0.2, 0) is 5.88 Å². The van der Waals surface area contributed by atoms with Crippen LogP contribution in [0.3, 0.4) is 0 Å². The number of hydrogen-bond donors (Lipinski definition) is 0. The first kappa shape index (κ1) is 11.5. The van der Waals surface area contributed by atoms with Crippen LogP contribution >= 0.6 is 11.6 Å². The van der Waals surface area contributed by atoms with E-state index in [9.17, 15) is 0 Å². The summed E-state index contributed by atoms with van der Waals surface area (Å²) in [7, 11) is 1.62. The summed E-state index contributed by atoms with van der Waals surface area (Å²) < 4.78 is 11.1.